The average molecular weight is 240 g/mol. The molecule has 0 amide bonds. The zero-order chi connectivity index (χ0) is 11.5. The molecular formula is C13H18ClNO. The van der Waals surface area contributed by atoms with E-state index in [1.165, 1.54) is 18.4 Å². The van der Waals surface area contributed by atoms with Gasteiger partial charge in [0, 0.05) is 11.1 Å². The summed E-state index contributed by atoms with van der Waals surface area (Å²) in [5.41, 5.74) is 2.28. The molecule has 3 heteroatoms. The van der Waals surface area contributed by atoms with E-state index < -0.39 is 0 Å². The molecule has 0 bridgehead atoms. The Kier molecular flexibility index (Phi) is 3.72. The first-order valence-electron chi connectivity index (χ1n) is 5.77. The van der Waals surface area contributed by atoms with Gasteiger partial charge in [-0.15, -0.1) is 0 Å². The van der Waals surface area contributed by atoms with Crippen molar-refractivity contribution in [1.82, 2.24) is 5.32 Å². The second kappa shape index (κ2) is 5.07. The second-order valence-corrected chi connectivity index (χ2v) is 4.82. The van der Waals surface area contributed by atoms with Crippen LogP contribution in [0.2, 0.25) is 5.02 Å². The number of ether oxygens (including phenoxy) is 1. The van der Waals surface area contributed by atoms with Crippen LogP contribution in [0.1, 0.15) is 24.0 Å². The number of methoxy groups -OCH3 is 1. The summed E-state index contributed by atoms with van der Waals surface area (Å²) in [4.78, 5) is 0. The van der Waals surface area contributed by atoms with E-state index in [0.717, 1.165) is 29.3 Å². The van der Waals surface area contributed by atoms with E-state index in [1.54, 1.807) is 7.11 Å². The van der Waals surface area contributed by atoms with Crippen molar-refractivity contribution < 1.29 is 4.74 Å². The molecule has 1 heterocycles. The molecule has 1 aromatic rings. The molecular weight excluding hydrogens is 222 g/mol. The zero-order valence-corrected chi connectivity index (χ0v) is 10.6. The van der Waals surface area contributed by atoms with E-state index >= 15 is 0 Å². The molecule has 1 fully saturated rings. The molecule has 1 N–H and O–H groups in total. The lowest BCUT2D eigenvalue weighted by molar-refractivity contribution is 0.411. The normalized spacial score (nSPS) is 20.1. The van der Waals surface area contributed by atoms with Crippen molar-refractivity contribution in [3.8, 4) is 5.75 Å². The lowest BCUT2D eigenvalue weighted by Gasteiger charge is -2.14. The Labute approximate surface area is 102 Å². The van der Waals surface area contributed by atoms with Gasteiger partial charge in [0.25, 0.3) is 0 Å². The molecule has 0 saturated carbocycles. The molecule has 1 unspecified atom stereocenters. The largest absolute Gasteiger partial charge is 0.496 e. The molecule has 1 aliphatic rings. The lowest BCUT2D eigenvalue weighted by Crippen LogP contribution is -2.23. The molecule has 1 atom stereocenters. The number of rotatable bonds is 3. The Morgan fingerprint density at radius 2 is 2.31 bits per heavy atom. The molecule has 1 saturated heterocycles. The molecule has 1 aromatic carbocycles. The quantitative estimate of drug-likeness (QED) is 0.876. The molecule has 0 radical (unpaired) electrons. The van der Waals surface area contributed by atoms with Gasteiger partial charge in [-0.3, -0.25) is 0 Å². The monoisotopic (exact) mass is 239 g/mol. The summed E-state index contributed by atoms with van der Waals surface area (Å²) in [5, 5.41) is 4.34. The number of hydrogen-bond acceptors (Lipinski definition) is 2. The zero-order valence-electron chi connectivity index (χ0n) is 9.85. The third kappa shape index (κ3) is 2.50. The minimum absolute atomic E-state index is 0.574. The van der Waals surface area contributed by atoms with Crippen LogP contribution >= 0.6 is 11.6 Å². The van der Waals surface area contributed by atoms with E-state index in [1.807, 2.05) is 13.0 Å². The highest BCUT2D eigenvalue weighted by Crippen LogP contribution is 2.28. The standard InChI is InChI=1S/C13H18ClNO/c1-9-6-12(14)10(8-13(9)16-2)7-11-4-3-5-15-11/h6,8,11,15H,3-5,7H2,1-2H3. The minimum atomic E-state index is 0.574. The summed E-state index contributed by atoms with van der Waals surface area (Å²) in [7, 11) is 1.70. The summed E-state index contributed by atoms with van der Waals surface area (Å²) in [5.74, 6) is 0.928. The summed E-state index contributed by atoms with van der Waals surface area (Å²) in [6, 6.07) is 4.63. The van der Waals surface area contributed by atoms with Crippen molar-refractivity contribution in [2.45, 2.75) is 32.2 Å². The van der Waals surface area contributed by atoms with E-state index in [9.17, 15) is 0 Å². The molecule has 1 aliphatic heterocycles. The maximum Gasteiger partial charge on any atom is 0.122 e. The summed E-state index contributed by atoms with van der Waals surface area (Å²) >= 11 is 6.25. The SMILES string of the molecule is COc1cc(CC2CCCN2)c(Cl)cc1C. The van der Waals surface area contributed by atoms with Gasteiger partial charge in [0.15, 0.2) is 0 Å². The molecule has 0 aromatic heterocycles. The number of aryl methyl sites for hydroxylation is 1. The second-order valence-electron chi connectivity index (χ2n) is 4.41. The Bertz CT molecular complexity index is 372. The minimum Gasteiger partial charge on any atom is -0.496 e. The Morgan fingerprint density at radius 1 is 1.50 bits per heavy atom. The van der Waals surface area contributed by atoms with Gasteiger partial charge in [0.05, 0.1) is 7.11 Å². The van der Waals surface area contributed by atoms with Crippen molar-refractivity contribution in [2.24, 2.45) is 0 Å². The number of nitrogens with one attached hydrogen (secondary N) is 1. The van der Waals surface area contributed by atoms with Crippen molar-refractivity contribution >= 4 is 11.6 Å². The van der Waals surface area contributed by atoms with Gasteiger partial charge in [0.2, 0.25) is 0 Å². The third-order valence-corrected chi connectivity index (χ3v) is 3.54. The van der Waals surface area contributed by atoms with E-state index in [0.29, 0.717) is 6.04 Å². The van der Waals surface area contributed by atoms with Gasteiger partial charge in [-0.2, -0.15) is 0 Å². The maximum atomic E-state index is 6.25. The first-order valence-corrected chi connectivity index (χ1v) is 6.15. The first-order chi connectivity index (χ1) is 7.70. The van der Waals surface area contributed by atoms with Crippen molar-refractivity contribution in [3.63, 3.8) is 0 Å². The van der Waals surface area contributed by atoms with Crippen molar-refractivity contribution in [3.05, 3.63) is 28.3 Å². The summed E-state index contributed by atoms with van der Waals surface area (Å²) in [6.07, 6.45) is 3.51. The van der Waals surface area contributed by atoms with Gasteiger partial charge in [-0.25, -0.2) is 0 Å². The molecule has 0 aliphatic carbocycles. The Balaban J connectivity index is 2.18. The topological polar surface area (TPSA) is 21.3 Å². The number of benzene rings is 1. The van der Waals surface area contributed by atoms with Gasteiger partial charge < -0.3 is 10.1 Å². The number of hydrogen-bond donors (Lipinski definition) is 1. The molecule has 0 spiro atoms. The third-order valence-electron chi connectivity index (χ3n) is 3.19. The highest BCUT2D eigenvalue weighted by molar-refractivity contribution is 6.31. The van der Waals surface area contributed by atoms with Crippen molar-refractivity contribution in [2.75, 3.05) is 13.7 Å². The molecule has 2 rings (SSSR count). The van der Waals surface area contributed by atoms with Crippen LogP contribution in [0, 0.1) is 6.92 Å². The van der Waals surface area contributed by atoms with Crippen LogP contribution < -0.4 is 10.1 Å². The fourth-order valence-corrected chi connectivity index (χ4v) is 2.56. The van der Waals surface area contributed by atoms with Crippen LogP contribution in [-0.2, 0) is 6.42 Å². The highest BCUT2D eigenvalue weighted by atomic mass is 35.5. The molecule has 88 valence electrons. The first kappa shape index (κ1) is 11.7. The van der Waals surface area contributed by atoms with Crippen LogP contribution in [0.4, 0.5) is 0 Å². The predicted molar refractivity (Wildman–Crippen MR) is 67.5 cm³/mol. The van der Waals surface area contributed by atoms with Crippen LogP contribution in [0.15, 0.2) is 12.1 Å². The molecule has 2 nitrogen and oxygen atoms in total. The van der Waals surface area contributed by atoms with Gasteiger partial charge in [-0.05, 0) is 56.0 Å². The summed E-state index contributed by atoms with van der Waals surface area (Å²) < 4.78 is 5.33. The summed E-state index contributed by atoms with van der Waals surface area (Å²) in [6.45, 7) is 3.15. The van der Waals surface area contributed by atoms with Crippen LogP contribution in [0.25, 0.3) is 0 Å². The van der Waals surface area contributed by atoms with E-state index in [2.05, 4.69) is 11.4 Å². The van der Waals surface area contributed by atoms with Gasteiger partial charge >= 0.3 is 0 Å². The van der Waals surface area contributed by atoms with Gasteiger partial charge in [-0.1, -0.05) is 11.6 Å². The Morgan fingerprint density at radius 3 is 2.94 bits per heavy atom. The maximum absolute atomic E-state index is 6.25. The predicted octanol–water partition coefficient (Wildman–Crippen LogP) is 2.95. The number of halogens is 1. The fraction of sp³-hybridized carbons (Fsp3) is 0.538. The fourth-order valence-electron chi connectivity index (χ4n) is 2.27. The van der Waals surface area contributed by atoms with Crippen LogP contribution in [0.5, 0.6) is 5.75 Å². The van der Waals surface area contributed by atoms with Crippen LogP contribution in [0.3, 0.4) is 0 Å². The van der Waals surface area contributed by atoms with E-state index in [4.69, 9.17) is 16.3 Å². The average Bonchev–Trinajstić information content (AvgIpc) is 2.75. The van der Waals surface area contributed by atoms with E-state index in [-0.39, 0.29) is 0 Å². The highest BCUT2D eigenvalue weighted by Gasteiger charge is 2.16. The smallest absolute Gasteiger partial charge is 0.122 e. The van der Waals surface area contributed by atoms with Crippen LogP contribution in [-0.4, -0.2) is 19.7 Å². The van der Waals surface area contributed by atoms with Gasteiger partial charge in [0.1, 0.15) is 5.75 Å². The lowest BCUT2D eigenvalue weighted by atomic mass is 10.0. The Hall–Kier alpha value is -0.730. The molecule has 16 heavy (non-hydrogen) atoms. The van der Waals surface area contributed by atoms with Crippen molar-refractivity contribution in [1.29, 1.82) is 0 Å².